The van der Waals surface area contributed by atoms with Gasteiger partial charge in [-0.05, 0) is 30.5 Å². The molecule has 0 saturated heterocycles. The topological polar surface area (TPSA) is 78.6 Å². The summed E-state index contributed by atoms with van der Waals surface area (Å²) in [6.45, 7) is 12.6. The third-order valence-electron chi connectivity index (χ3n) is 4.74. The van der Waals surface area contributed by atoms with Gasteiger partial charge in [-0.25, -0.2) is 20.5 Å². The van der Waals surface area contributed by atoms with Crippen molar-refractivity contribution in [2.75, 3.05) is 0 Å². The number of aromatic nitrogens is 3. The molecule has 2 aromatic rings. The molecule has 39 heavy (non-hydrogen) atoms. The molecular weight excluding hydrogens is 563 g/mol. The van der Waals surface area contributed by atoms with E-state index in [1.165, 1.54) is 18.5 Å². The summed E-state index contributed by atoms with van der Waals surface area (Å²) in [5.74, 6) is -1.03. The van der Waals surface area contributed by atoms with Gasteiger partial charge in [-0.1, -0.05) is 51.7 Å². The Bertz CT molecular complexity index is 1170. The summed E-state index contributed by atoms with van der Waals surface area (Å²) in [5, 5.41) is 0.506. The van der Waals surface area contributed by atoms with E-state index in [1.54, 1.807) is 19.1 Å². The molecule has 0 radical (unpaired) electrons. The van der Waals surface area contributed by atoms with Gasteiger partial charge >= 0.3 is 63.3 Å². The molecular formula is C27H36F5KN3O2P-2. The smallest absolute Gasteiger partial charge is 0.358 e. The fourth-order valence-corrected chi connectivity index (χ4v) is 3.24. The zero-order chi connectivity index (χ0) is 28.8. The van der Waals surface area contributed by atoms with E-state index in [4.69, 9.17) is 0 Å². The number of pyridine rings is 1. The zero-order valence-electron chi connectivity index (χ0n) is 23.5. The van der Waals surface area contributed by atoms with Crippen LogP contribution in [0, 0.1) is 20.4 Å². The predicted molar refractivity (Wildman–Crippen MR) is 147 cm³/mol. The molecule has 0 bridgehead atoms. The molecule has 0 spiro atoms. The third kappa shape index (κ3) is 16.5. The molecule has 2 heterocycles. The number of hydrogen-bond donors (Lipinski definition) is 2. The fourth-order valence-electron chi connectivity index (χ4n) is 2.74. The van der Waals surface area contributed by atoms with Crippen molar-refractivity contribution in [3.05, 3.63) is 99.8 Å². The molecule has 0 saturated carbocycles. The molecule has 1 atom stereocenters. The van der Waals surface area contributed by atoms with Crippen molar-refractivity contribution >= 4 is 14.2 Å². The second kappa shape index (κ2) is 21.4. The van der Waals surface area contributed by atoms with Crippen LogP contribution in [-0.2, 0) is 6.42 Å². The van der Waals surface area contributed by atoms with E-state index in [0.29, 0.717) is 28.4 Å². The van der Waals surface area contributed by atoms with Gasteiger partial charge in [0, 0.05) is 24.2 Å². The average molecular weight is 600 g/mol. The Balaban J connectivity index is -0.00000114. The average Bonchev–Trinajstić information content (AvgIpc) is 2.84. The van der Waals surface area contributed by atoms with Gasteiger partial charge in [0.2, 0.25) is 6.43 Å². The van der Waals surface area contributed by atoms with Crippen molar-refractivity contribution < 1.29 is 73.3 Å². The Morgan fingerprint density at radius 2 is 1.79 bits per heavy atom. The van der Waals surface area contributed by atoms with Crippen LogP contribution >= 0.6 is 8.86 Å². The number of halogens is 5. The van der Waals surface area contributed by atoms with Gasteiger partial charge in [0.05, 0.1) is 0 Å². The van der Waals surface area contributed by atoms with Crippen LogP contribution in [0.25, 0.3) is 0 Å². The summed E-state index contributed by atoms with van der Waals surface area (Å²) < 4.78 is 59.9. The second-order valence-electron chi connectivity index (χ2n) is 7.49. The van der Waals surface area contributed by atoms with Crippen LogP contribution in [0.15, 0.2) is 51.3 Å². The van der Waals surface area contributed by atoms with E-state index in [-0.39, 0.29) is 70.8 Å². The van der Waals surface area contributed by atoms with Gasteiger partial charge in [-0.3, -0.25) is 4.98 Å². The van der Waals surface area contributed by atoms with Gasteiger partial charge in [-0.2, -0.15) is 18.7 Å². The SMILES string of the molecule is CC.CCC(F)(F)F.[CH2-]/C(C)=C(\C=[C-]c1c[nH]c(=O)[nH]c1=O)C(=P)CC(c1ccnc(CC)c1)C(F)F.[CH3-].[K+]. The molecule has 0 aliphatic heterocycles. The molecule has 2 N–H and O–H groups in total. The molecule has 0 aliphatic carbocycles. The van der Waals surface area contributed by atoms with E-state index in [2.05, 4.69) is 36.8 Å². The fraction of sp³-hybridized carbons (Fsp3) is 0.407. The summed E-state index contributed by atoms with van der Waals surface area (Å²) in [4.78, 5) is 31.5. The van der Waals surface area contributed by atoms with E-state index >= 15 is 0 Å². The van der Waals surface area contributed by atoms with Crippen LogP contribution in [0.1, 0.15) is 70.2 Å². The van der Waals surface area contributed by atoms with Crippen molar-refractivity contribution in [3.63, 3.8) is 0 Å². The zero-order valence-corrected chi connectivity index (χ0v) is 27.6. The van der Waals surface area contributed by atoms with Crippen molar-refractivity contribution in [3.8, 4) is 0 Å². The number of alkyl halides is 5. The molecule has 12 heteroatoms. The largest absolute Gasteiger partial charge is 1.00 e. The van der Waals surface area contributed by atoms with Crippen LogP contribution < -0.4 is 62.6 Å². The number of aromatic amines is 2. The number of H-pyrrole nitrogens is 2. The number of nitrogens with one attached hydrogen (secondary N) is 2. The standard InChI is InChI=1S/C21H22F2N3O2P.C3H5F3.C2H6.CH3.K/c1-4-15-9-13(7-8-24-15)17(19(22)23)10-18(29)16(12(2)3)6-5-14-11-25-21(28)26-20(14)27;1-2-3(4,5)6;1-2;;/h6-9,11,17,19,29H,2,4,10H2,1,3H3,(H2,25,26,27,28);2H2,1H3;1-2H3;1H3;/q-2;;;-1;+1/b16-12-;;;;. The molecule has 0 fully saturated rings. The maximum Gasteiger partial charge on any atom is 1.00 e. The maximum absolute atomic E-state index is 13.8. The van der Waals surface area contributed by atoms with Gasteiger partial charge in [0.1, 0.15) is 0 Å². The normalized spacial score (nSPS) is 12.1. The Kier molecular flexibility index (Phi) is 23.1. The molecule has 214 valence electrons. The Morgan fingerprint density at radius 3 is 2.23 bits per heavy atom. The molecule has 5 nitrogen and oxygen atoms in total. The van der Waals surface area contributed by atoms with Crippen LogP contribution in [0.2, 0.25) is 0 Å². The molecule has 0 aliphatic rings. The maximum atomic E-state index is 13.8. The van der Waals surface area contributed by atoms with Crippen molar-refractivity contribution in [2.24, 2.45) is 0 Å². The number of hydrogen-bond acceptors (Lipinski definition) is 3. The monoisotopic (exact) mass is 599 g/mol. The van der Waals surface area contributed by atoms with Crippen LogP contribution in [0.4, 0.5) is 22.0 Å². The Hall–Kier alpha value is -1.36. The third-order valence-corrected chi connectivity index (χ3v) is 5.21. The van der Waals surface area contributed by atoms with Gasteiger partial charge in [-0.15, -0.1) is 26.6 Å². The quantitative estimate of drug-likeness (QED) is 0.158. The number of aryl methyl sites for hydroxylation is 1. The van der Waals surface area contributed by atoms with Crippen LogP contribution in [0.5, 0.6) is 0 Å². The molecule has 2 rings (SSSR count). The van der Waals surface area contributed by atoms with Crippen LogP contribution in [-0.4, -0.2) is 32.8 Å². The van der Waals surface area contributed by atoms with E-state index in [1.807, 2.05) is 20.8 Å². The minimum absolute atomic E-state index is 0. The first-order valence-electron chi connectivity index (χ1n) is 11.6. The first-order chi connectivity index (χ1) is 17.3. The van der Waals surface area contributed by atoms with Crippen molar-refractivity contribution in [1.82, 2.24) is 15.0 Å². The number of rotatable bonds is 8. The van der Waals surface area contributed by atoms with Crippen LogP contribution in [0.3, 0.4) is 0 Å². The second-order valence-corrected chi connectivity index (χ2v) is 8.10. The van der Waals surface area contributed by atoms with E-state index in [9.17, 15) is 31.5 Å². The summed E-state index contributed by atoms with van der Waals surface area (Å²) in [6, 6.07) is 3.29. The first kappa shape index (κ1) is 42.1. The summed E-state index contributed by atoms with van der Waals surface area (Å²) in [5.41, 5.74) is 1.29. The molecule has 2 aromatic heterocycles. The van der Waals surface area contributed by atoms with Crippen molar-refractivity contribution in [1.29, 1.82) is 0 Å². The number of allylic oxidation sites excluding steroid dienone is 3. The van der Waals surface area contributed by atoms with Gasteiger partial charge in [0.15, 0.2) is 5.56 Å². The van der Waals surface area contributed by atoms with Gasteiger partial charge < -0.3 is 22.2 Å². The summed E-state index contributed by atoms with van der Waals surface area (Å²) in [6.07, 6.45) is 0.455. The molecule has 0 aromatic carbocycles. The van der Waals surface area contributed by atoms with E-state index < -0.39 is 36.2 Å². The molecule has 0 amide bonds. The predicted octanol–water partition coefficient (Wildman–Crippen LogP) is 4.07. The number of nitrogens with zero attached hydrogens (tertiary/aromatic N) is 1. The summed E-state index contributed by atoms with van der Waals surface area (Å²) in [7, 11) is 3.47. The minimum Gasteiger partial charge on any atom is -0.358 e. The summed E-state index contributed by atoms with van der Waals surface area (Å²) >= 11 is 0. The van der Waals surface area contributed by atoms with Gasteiger partial charge in [0.25, 0.3) is 0 Å². The van der Waals surface area contributed by atoms with Crippen molar-refractivity contribution in [2.45, 2.75) is 72.4 Å². The Morgan fingerprint density at radius 1 is 1.23 bits per heavy atom. The first-order valence-corrected chi connectivity index (χ1v) is 12.1. The molecule has 1 unspecified atom stereocenters. The van der Waals surface area contributed by atoms with E-state index in [0.717, 1.165) is 12.6 Å². The Labute approximate surface area is 272 Å². The minimum atomic E-state index is -3.96.